The smallest absolute Gasteiger partial charge is 0.234 e. The van der Waals surface area contributed by atoms with Crippen molar-refractivity contribution < 1.29 is 4.79 Å². The van der Waals surface area contributed by atoms with Crippen LogP contribution < -0.4 is 10.6 Å². The van der Waals surface area contributed by atoms with E-state index < -0.39 is 0 Å². The average molecular weight is 254 g/mol. The van der Waals surface area contributed by atoms with Crippen molar-refractivity contribution in [3.63, 3.8) is 0 Å². The van der Waals surface area contributed by atoms with Crippen LogP contribution in [0.25, 0.3) is 0 Å². The van der Waals surface area contributed by atoms with Crippen LogP contribution in [0.5, 0.6) is 0 Å². The predicted octanol–water partition coefficient (Wildman–Crippen LogP) is 2.85. The fourth-order valence-corrected chi connectivity index (χ4v) is 2.70. The van der Waals surface area contributed by atoms with Gasteiger partial charge in [0.05, 0.1) is 6.54 Å². The molecule has 1 saturated carbocycles. The minimum absolute atomic E-state index is 0.154. The number of carbonyl (C=O) groups excluding carboxylic acids is 1. The fraction of sp³-hybridized carbons (Fsp3) is 0.933. The molecule has 0 spiro atoms. The lowest BCUT2D eigenvalue weighted by Gasteiger charge is -2.18. The van der Waals surface area contributed by atoms with Crippen molar-refractivity contribution in [2.45, 2.75) is 77.8 Å². The Morgan fingerprint density at radius 2 is 1.89 bits per heavy atom. The zero-order valence-corrected chi connectivity index (χ0v) is 12.3. The Morgan fingerprint density at radius 1 is 1.17 bits per heavy atom. The SMILES string of the molecule is CCC(CC)NC(=O)CNC1CCCC(C)CC1. The first-order valence-electron chi connectivity index (χ1n) is 7.68. The second-order valence-corrected chi connectivity index (χ2v) is 5.77. The fourth-order valence-electron chi connectivity index (χ4n) is 2.70. The van der Waals surface area contributed by atoms with Gasteiger partial charge >= 0.3 is 0 Å². The zero-order valence-electron chi connectivity index (χ0n) is 12.3. The van der Waals surface area contributed by atoms with Gasteiger partial charge in [0.2, 0.25) is 5.91 Å². The van der Waals surface area contributed by atoms with E-state index in [1.165, 1.54) is 32.1 Å². The van der Waals surface area contributed by atoms with E-state index in [0.717, 1.165) is 18.8 Å². The average Bonchev–Trinajstić information content (AvgIpc) is 2.58. The summed E-state index contributed by atoms with van der Waals surface area (Å²) >= 11 is 0. The minimum atomic E-state index is 0.154. The van der Waals surface area contributed by atoms with E-state index >= 15 is 0 Å². The number of hydrogen-bond donors (Lipinski definition) is 2. The molecule has 1 amide bonds. The van der Waals surface area contributed by atoms with Crippen molar-refractivity contribution in [3.05, 3.63) is 0 Å². The van der Waals surface area contributed by atoms with E-state index in [-0.39, 0.29) is 5.91 Å². The molecule has 2 N–H and O–H groups in total. The molecule has 1 aliphatic carbocycles. The Hall–Kier alpha value is -0.570. The van der Waals surface area contributed by atoms with Crippen LogP contribution in [0.3, 0.4) is 0 Å². The van der Waals surface area contributed by atoms with E-state index in [1.807, 2.05) is 0 Å². The van der Waals surface area contributed by atoms with Gasteiger partial charge in [-0.2, -0.15) is 0 Å². The molecule has 0 saturated heterocycles. The van der Waals surface area contributed by atoms with Gasteiger partial charge in [-0.1, -0.05) is 33.6 Å². The van der Waals surface area contributed by atoms with Crippen molar-refractivity contribution in [2.75, 3.05) is 6.54 Å². The maximum absolute atomic E-state index is 11.8. The van der Waals surface area contributed by atoms with Gasteiger partial charge in [-0.25, -0.2) is 0 Å². The number of amides is 1. The summed E-state index contributed by atoms with van der Waals surface area (Å²) in [6.07, 6.45) is 8.42. The van der Waals surface area contributed by atoms with Crippen molar-refractivity contribution in [3.8, 4) is 0 Å². The molecule has 3 heteroatoms. The third kappa shape index (κ3) is 5.85. The van der Waals surface area contributed by atoms with E-state index in [1.54, 1.807) is 0 Å². The van der Waals surface area contributed by atoms with Gasteiger partial charge in [-0.15, -0.1) is 0 Å². The van der Waals surface area contributed by atoms with Crippen molar-refractivity contribution in [2.24, 2.45) is 5.92 Å². The molecular weight excluding hydrogens is 224 g/mol. The van der Waals surface area contributed by atoms with Crippen LogP contribution in [0, 0.1) is 5.92 Å². The monoisotopic (exact) mass is 254 g/mol. The molecule has 0 aliphatic heterocycles. The molecule has 0 radical (unpaired) electrons. The molecule has 18 heavy (non-hydrogen) atoms. The van der Waals surface area contributed by atoms with Gasteiger partial charge in [0.1, 0.15) is 0 Å². The van der Waals surface area contributed by atoms with E-state index in [9.17, 15) is 4.79 Å². The molecule has 1 fully saturated rings. The highest BCUT2D eigenvalue weighted by atomic mass is 16.1. The van der Waals surface area contributed by atoms with E-state index in [0.29, 0.717) is 18.6 Å². The molecule has 0 heterocycles. The lowest BCUT2D eigenvalue weighted by molar-refractivity contribution is -0.121. The van der Waals surface area contributed by atoms with Crippen molar-refractivity contribution in [1.29, 1.82) is 0 Å². The van der Waals surface area contributed by atoms with Gasteiger partial charge < -0.3 is 10.6 Å². The number of nitrogens with one attached hydrogen (secondary N) is 2. The molecule has 2 unspecified atom stereocenters. The van der Waals surface area contributed by atoms with Crippen molar-refractivity contribution in [1.82, 2.24) is 10.6 Å². The molecule has 106 valence electrons. The van der Waals surface area contributed by atoms with Crippen LogP contribution in [0.2, 0.25) is 0 Å². The largest absolute Gasteiger partial charge is 0.352 e. The summed E-state index contributed by atoms with van der Waals surface area (Å²) in [6, 6.07) is 0.885. The summed E-state index contributed by atoms with van der Waals surface area (Å²) in [5.74, 6) is 1.01. The standard InChI is InChI=1S/C15H30N2O/c1-4-13(5-2)17-15(18)11-16-14-8-6-7-12(3)9-10-14/h12-14,16H,4-11H2,1-3H3,(H,17,18). The highest BCUT2D eigenvalue weighted by Gasteiger charge is 2.17. The second-order valence-electron chi connectivity index (χ2n) is 5.77. The maximum atomic E-state index is 11.8. The Balaban J connectivity index is 2.21. The molecule has 0 aromatic rings. The maximum Gasteiger partial charge on any atom is 0.234 e. The molecular formula is C15H30N2O. The topological polar surface area (TPSA) is 41.1 Å². The molecule has 3 nitrogen and oxygen atoms in total. The highest BCUT2D eigenvalue weighted by molar-refractivity contribution is 5.78. The van der Waals surface area contributed by atoms with E-state index in [2.05, 4.69) is 31.4 Å². The summed E-state index contributed by atoms with van der Waals surface area (Å²) in [5.41, 5.74) is 0. The minimum Gasteiger partial charge on any atom is -0.352 e. The van der Waals surface area contributed by atoms with Gasteiger partial charge in [0.15, 0.2) is 0 Å². The van der Waals surface area contributed by atoms with Crippen LogP contribution in [-0.2, 0) is 4.79 Å². The lowest BCUT2D eigenvalue weighted by atomic mass is 10.0. The van der Waals surface area contributed by atoms with Gasteiger partial charge in [0, 0.05) is 12.1 Å². The summed E-state index contributed by atoms with van der Waals surface area (Å²) < 4.78 is 0. The molecule has 1 aliphatic rings. The molecule has 1 rings (SSSR count). The van der Waals surface area contributed by atoms with E-state index in [4.69, 9.17) is 0 Å². The Bertz CT molecular complexity index is 239. The first-order chi connectivity index (χ1) is 8.65. The van der Waals surface area contributed by atoms with Crippen LogP contribution in [0.4, 0.5) is 0 Å². The number of carbonyl (C=O) groups is 1. The number of rotatable bonds is 6. The van der Waals surface area contributed by atoms with Gasteiger partial charge in [-0.05, 0) is 38.0 Å². The Kier molecular flexibility index (Phi) is 7.33. The first-order valence-corrected chi connectivity index (χ1v) is 7.68. The highest BCUT2D eigenvalue weighted by Crippen LogP contribution is 2.22. The van der Waals surface area contributed by atoms with Crippen molar-refractivity contribution >= 4 is 5.91 Å². The lowest BCUT2D eigenvalue weighted by Crippen LogP contribution is -2.42. The number of hydrogen-bond acceptors (Lipinski definition) is 2. The second kappa shape index (κ2) is 8.52. The van der Waals surface area contributed by atoms with Crippen LogP contribution in [0.1, 0.15) is 65.7 Å². The Labute approximate surface area is 112 Å². The predicted molar refractivity (Wildman–Crippen MR) is 76.6 cm³/mol. The van der Waals surface area contributed by atoms with Crippen LogP contribution in [0.15, 0.2) is 0 Å². The quantitative estimate of drug-likeness (QED) is 0.716. The van der Waals surface area contributed by atoms with Crippen LogP contribution in [-0.4, -0.2) is 24.5 Å². The summed E-state index contributed by atoms with van der Waals surface area (Å²) in [6.45, 7) is 7.06. The zero-order chi connectivity index (χ0) is 13.4. The van der Waals surface area contributed by atoms with Gasteiger partial charge in [-0.3, -0.25) is 4.79 Å². The summed E-state index contributed by atoms with van der Waals surface area (Å²) in [7, 11) is 0. The summed E-state index contributed by atoms with van der Waals surface area (Å²) in [4.78, 5) is 11.8. The molecule has 0 aromatic carbocycles. The van der Waals surface area contributed by atoms with Crippen LogP contribution >= 0.6 is 0 Å². The third-order valence-corrected chi connectivity index (χ3v) is 4.16. The molecule has 0 bridgehead atoms. The third-order valence-electron chi connectivity index (χ3n) is 4.16. The summed E-state index contributed by atoms with van der Waals surface area (Å²) in [5, 5.41) is 6.50. The molecule has 2 atom stereocenters. The molecule has 0 aromatic heterocycles. The first kappa shape index (κ1) is 15.5. The Morgan fingerprint density at radius 3 is 2.56 bits per heavy atom. The normalized spacial score (nSPS) is 24.9. The van der Waals surface area contributed by atoms with Gasteiger partial charge in [0.25, 0.3) is 0 Å².